The first-order valence-electron chi connectivity index (χ1n) is 6.78. The SMILES string of the molecule is C=CC(=O)N[C@@H]1c2c(cc3c(c2OC)OCO3)CCN1C. The number of nitrogens with one attached hydrogen (secondary N) is 1. The van der Waals surface area contributed by atoms with Crippen LogP contribution in [-0.2, 0) is 11.2 Å². The van der Waals surface area contributed by atoms with E-state index >= 15 is 0 Å². The summed E-state index contributed by atoms with van der Waals surface area (Å²) in [5.41, 5.74) is 2.02. The smallest absolute Gasteiger partial charge is 0.244 e. The van der Waals surface area contributed by atoms with E-state index in [9.17, 15) is 4.79 Å². The molecular weight excluding hydrogens is 272 g/mol. The molecule has 1 aromatic rings. The van der Waals surface area contributed by atoms with E-state index in [1.807, 2.05) is 13.1 Å². The highest BCUT2D eigenvalue weighted by molar-refractivity contribution is 5.87. The second-order valence-electron chi connectivity index (χ2n) is 5.06. The van der Waals surface area contributed by atoms with Gasteiger partial charge in [-0.1, -0.05) is 6.58 Å². The van der Waals surface area contributed by atoms with Crippen LogP contribution in [0.1, 0.15) is 17.3 Å². The summed E-state index contributed by atoms with van der Waals surface area (Å²) in [6.45, 7) is 4.52. The Morgan fingerprint density at radius 3 is 3.10 bits per heavy atom. The van der Waals surface area contributed by atoms with Gasteiger partial charge < -0.3 is 19.5 Å². The molecule has 3 rings (SSSR count). The second kappa shape index (κ2) is 5.29. The van der Waals surface area contributed by atoms with Gasteiger partial charge in [0.25, 0.3) is 0 Å². The molecule has 1 atom stereocenters. The fourth-order valence-electron chi connectivity index (χ4n) is 2.81. The summed E-state index contributed by atoms with van der Waals surface area (Å²) in [7, 11) is 3.56. The molecule has 1 aromatic carbocycles. The lowest BCUT2D eigenvalue weighted by atomic mass is 9.95. The summed E-state index contributed by atoms with van der Waals surface area (Å²) in [6, 6.07) is 1.97. The van der Waals surface area contributed by atoms with Crippen molar-refractivity contribution in [3.05, 3.63) is 29.8 Å². The molecule has 0 radical (unpaired) electrons. The van der Waals surface area contributed by atoms with E-state index in [4.69, 9.17) is 14.2 Å². The average Bonchev–Trinajstić information content (AvgIpc) is 2.95. The van der Waals surface area contributed by atoms with Gasteiger partial charge in [-0.15, -0.1) is 0 Å². The quantitative estimate of drug-likeness (QED) is 0.848. The molecule has 2 heterocycles. The van der Waals surface area contributed by atoms with E-state index < -0.39 is 0 Å². The molecule has 6 heteroatoms. The molecule has 0 bridgehead atoms. The molecule has 112 valence electrons. The third kappa shape index (κ3) is 2.21. The standard InChI is InChI=1S/C15H18N2O4/c1-4-11(18)16-15-12-9(5-6-17(15)2)7-10-13(14(12)19-3)21-8-20-10/h4,7,15H,1,5-6,8H2,2-3H3,(H,16,18)/t15-/m0/s1. The van der Waals surface area contributed by atoms with Crippen LogP contribution in [0.25, 0.3) is 0 Å². The highest BCUT2D eigenvalue weighted by Gasteiger charge is 2.34. The Morgan fingerprint density at radius 2 is 2.38 bits per heavy atom. The van der Waals surface area contributed by atoms with Crippen molar-refractivity contribution in [2.24, 2.45) is 0 Å². The Labute approximate surface area is 123 Å². The number of benzene rings is 1. The molecule has 0 aromatic heterocycles. The van der Waals surface area contributed by atoms with Crippen LogP contribution in [0.5, 0.6) is 17.2 Å². The number of hydrogen-bond donors (Lipinski definition) is 1. The summed E-state index contributed by atoms with van der Waals surface area (Å²) < 4.78 is 16.5. The lowest BCUT2D eigenvalue weighted by molar-refractivity contribution is -0.118. The van der Waals surface area contributed by atoms with Gasteiger partial charge in [0, 0.05) is 12.1 Å². The fourth-order valence-corrected chi connectivity index (χ4v) is 2.81. The van der Waals surface area contributed by atoms with Gasteiger partial charge in [0.05, 0.1) is 7.11 Å². The van der Waals surface area contributed by atoms with Crippen molar-refractivity contribution < 1.29 is 19.0 Å². The van der Waals surface area contributed by atoms with Gasteiger partial charge in [0.1, 0.15) is 6.17 Å². The minimum Gasteiger partial charge on any atom is -0.492 e. The number of rotatable bonds is 3. The van der Waals surface area contributed by atoms with Crippen LogP contribution < -0.4 is 19.5 Å². The van der Waals surface area contributed by atoms with Gasteiger partial charge in [0.15, 0.2) is 11.5 Å². The fraction of sp³-hybridized carbons (Fsp3) is 0.400. The molecule has 6 nitrogen and oxygen atoms in total. The average molecular weight is 290 g/mol. The minimum atomic E-state index is -0.274. The molecule has 0 saturated carbocycles. The van der Waals surface area contributed by atoms with Crippen LogP contribution in [0.2, 0.25) is 0 Å². The zero-order valence-corrected chi connectivity index (χ0v) is 12.1. The number of nitrogens with zero attached hydrogens (tertiary/aromatic N) is 1. The van der Waals surface area contributed by atoms with Crippen molar-refractivity contribution in [3.8, 4) is 17.2 Å². The zero-order valence-electron chi connectivity index (χ0n) is 12.1. The van der Waals surface area contributed by atoms with E-state index in [0.29, 0.717) is 17.2 Å². The van der Waals surface area contributed by atoms with Crippen LogP contribution in [-0.4, -0.2) is 38.3 Å². The van der Waals surface area contributed by atoms with Gasteiger partial charge in [0.2, 0.25) is 18.4 Å². The summed E-state index contributed by atoms with van der Waals surface area (Å²) in [4.78, 5) is 13.8. The van der Waals surface area contributed by atoms with Gasteiger partial charge in [-0.05, 0) is 31.2 Å². The highest BCUT2D eigenvalue weighted by atomic mass is 16.7. The van der Waals surface area contributed by atoms with E-state index in [-0.39, 0.29) is 18.9 Å². The zero-order chi connectivity index (χ0) is 15.0. The van der Waals surface area contributed by atoms with Crippen LogP contribution in [0.4, 0.5) is 0 Å². The normalized spacial score (nSPS) is 19.8. The second-order valence-corrected chi connectivity index (χ2v) is 5.06. The number of amides is 1. The molecule has 0 saturated heterocycles. The Hall–Kier alpha value is -2.21. The monoisotopic (exact) mass is 290 g/mol. The molecule has 1 N–H and O–H groups in total. The first-order chi connectivity index (χ1) is 10.2. The number of fused-ring (bicyclic) bond motifs is 2. The number of carbonyl (C=O) groups excluding carboxylic acids is 1. The third-order valence-electron chi connectivity index (χ3n) is 3.86. The van der Waals surface area contributed by atoms with Crippen molar-refractivity contribution in [2.75, 3.05) is 27.5 Å². The molecule has 0 aliphatic carbocycles. The summed E-state index contributed by atoms with van der Waals surface area (Å²) in [5, 5.41) is 2.93. The van der Waals surface area contributed by atoms with Crippen molar-refractivity contribution >= 4 is 5.91 Å². The van der Waals surface area contributed by atoms with Crippen molar-refractivity contribution in [1.82, 2.24) is 10.2 Å². The topological polar surface area (TPSA) is 60.0 Å². The Bertz CT molecular complexity index is 600. The number of likely N-dealkylation sites (N-methyl/N-ethyl adjacent to an activating group) is 1. The number of methoxy groups -OCH3 is 1. The van der Waals surface area contributed by atoms with Gasteiger partial charge in [-0.25, -0.2) is 0 Å². The summed E-state index contributed by atoms with van der Waals surface area (Å²) in [5.74, 6) is 1.70. The Balaban J connectivity index is 2.11. The maximum Gasteiger partial charge on any atom is 0.244 e. The number of carbonyl (C=O) groups is 1. The van der Waals surface area contributed by atoms with Crippen LogP contribution in [0.15, 0.2) is 18.7 Å². The molecule has 21 heavy (non-hydrogen) atoms. The first kappa shape index (κ1) is 13.8. The first-order valence-corrected chi connectivity index (χ1v) is 6.78. The Kier molecular flexibility index (Phi) is 3.47. The molecular formula is C15H18N2O4. The largest absolute Gasteiger partial charge is 0.492 e. The third-order valence-corrected chi connectivity index (χ3v) is 3.86. The van der Waals surface area contributed by atoms with E-state index in [2.05, 4.69) is 16.8 Å². The predicted molar refractivity (Wildman–Crippen MR) is 76.5 cm³/mol. The lowest BCUT2D eigenvalue weighted by Crippen LogP contribution is -2.43. The minimum absolute atomic E-state index is 0.189. The van der Waals surface area contributed by atoms with E-state index in [1.165, 1.54) is 6.08 Å². The molecule has 1 amide bonds. The molecule has 2 aliphatic heterocycles. The molecule has 2 aliphatic rings. The predicted octanol–water partition coefficient (Wildman–Crippen LogP) is 1.21. The van der Waals surface area contributed by atoms with Gasteiger partial charge in [-0.3, -0.25) is 9.69 Å². The Morgan fingerprint density at radius 1 is 1.57 bits per heavy atom. The van der Waals surface area contributed by atoms with Crippen molar-refractivity contribution in [2.45, 2.75) is 12.6 Å². The van der Waals surface area contributed by atoms with Crippen LogP contribution in [0.3, 0.4) is 0 Å². The molecule has 0 fully saturated rings. The summed E-state index contributed by atoms with van der Waals surface area (Å²) in [6.07, 6.45) is 1.85. The lowest BCUT2D eigenvalue weighted by Gasteiger charge is -2.35. The van der Waals surface area contributed by atoms with E-state index in [1.54, 1.807) is 7.11 Å². The maximum absolute atomic E-state index is 11.7. The van der Waals surface area contributed by atoms with Gasteiger partial charge in [-0.2, -0.15) is 0 Å². The number of ether oxygens (including phenoxy) is 3. The van der Waals surface area contributed by atoms with E-state index in [0.717, 1.165) is 24.1 Å². The molecule has 0 unspecified atom stereocenters. The highest BCUT2D eigenvalue weighted by Crippen LogP contribution is 2.48. The van der Waals surface area contributed by atoms with Crippen molar-refractivity contribution in [1.29, 1.82) is 0 Å². The molecule has 0 spiro atoms. The summed E-state index contributed by atoms with van der Waals surface area (Å²) >= 11 is 0. The van der Waals surface area contributed by atoms with Crippen LogP contribution in [0, 0.1) is 0 Å². The van der Waals surface area contributed by atoms with Crippen LogP contribution >= 0.6 is 0 Å². The van der Waals surface area contributed by atoms with Crippen molar-refractivity contribution in [3.63, 3.8) is 0 Å². The van der Waals surface area contributed by atoms with Gasteiger partial charge >= 0.3 is 0 Å². The number of hydrogen-bond acceptors (Lipinski definition) is 5. The maximum atomic E-state index is 11.7.